The number of carbonyl (C=O) groups is 1. The van der Waals surface area contributed by atoms with Crippen molar-refractivity contribution in [3.8, 4) is 0 Å². The molecule has 1 amide bonds. The molecule has 1 aromatic carbocycles. The number of halogens is 3. The van der Waals surface area contributed by atoms with Crippen molar-refractivity contribution in [3.63, 3.8) is 0 Å². The number of rotatable bonds is 3. The first-order chi connectivity index (χ1) is 9.45. The van der Waals surface area contributed by atoms with E-state index in [4.69, 9.17) is 14.2 Å². The molecule has 1 aliphatic rings. The summed E-state index contributed by atoms with van der Waals surface area (Å²) in [5.74, 6) is 0. The number of carbonyl (C=O) groups excluding carboxylic acids is 1. The van der Waals surface area contributed by atoms with Crippen LogP contribution in [0.25, 0.3) is 0 Å². The van der Waals surface area contributed by atoms with Gasteiger partial charge in [0.15, 0.2) is 6.29 Å². The number of amides is 1. The minimum absolute atomic E-state index is 0.0769. The highest BCUT2D eigenvalue weighted by Gasteiger charge is 2.30. The van der Waals surface area contributed by atoms with Gasteiger partial charge in [0.05, 0.1) is 18.8 Å². The summed E-state index contributed by atoms with van der Waals surface area (Å²) in [7, 11) is 0. The van der Waals surface area contributed by atoms with Crippen LogP contribution in [0.15, 0.2) is 24.3 Å². The summed E-state index contributed by atoms with van der Waals surface area (Å²) in [6.07, 6.45) is -5.78. The number of hydrogen-bond acceptors (Lipinski definition) is 4. The van der Waals surface area contributed by atoms with Gasteiger partial charge >= 0.3 is 12.3 Å². The molecule has 0 aromatic heterocycles. The summed E-state index contributed by atoms with van der Waals surface area (Å²) < 4.78 is 51.9. The minimum atomic E-state index is -4.41. The number of ether oxygens (including phenoxy) is 3. The molecule has 0 aliphatic carbocycles. The van der Waals surface area contributed by atoms with Gasteiger partial charge in [-0.1, -0.05) is 0 Å². The molecule has 8 heteroatoms. The zero-order valence-electron chi connectivity index (χ0n) is 10.3. The van der Waals surface area contributed by atoms with Crippen LogP contribution in [0.3, 0.4) is 0 Å². The van der Waals surface area contributed by atoms with Crippen molar-refractivity contribution in [3.05, 3.63) is 29.8 Å². The third kappa shape index (κ3) is 4.10. The van der Waals surface area contributed by atoms with Crippen LogP contribution >= 0.6 is 0 Å². The van der Waals surface area contributed by atoms with E-state index in [9.17, 15) is 18.0 Å². The first kappa shape index (κ1) is 14.6. The molecule has 1 fully saturated rings. The highest BCUT2D eigenvalue weighted by atomic mass is 19.4. The van der Waals surface area contributed by atoms with E-state index in [0.717, 1.165) is 24.3 Å². The first-order valence-electron chi connectivity index (χ1n) is 5.79. The van der Waals surface area contributed by atoms with Gasteiger partial charge in [-0.2, -0.15) is 13.2 Å². The normalized spacial score (nSPS) is 16.1. The first-order valence-corrected chi connectivity index (χ1v) is 5.79. The van der Waals surface area contributed by atoms with Crippen LogP contribution in [0.2, 0.25) is 0 Å². The van der Waals surface area contributed by atoms with Gasteiger partial charge in [-0.15, -0.1) is 0 Å². The second-order valence-electron chi connectivity index (χ2n) is 3.97. The summed E-state index contributed by atoms with van der Waals surface area (Å²) in [5, 5.41) is 2.30. The van der Waals surface area contributed by atoms with E-state index in [-0.39, 0.29) is 12.3 Å². The standard InChI is InChI=1S/C12H12F3NO4/c13-12(14,15)8-1-3-9(4-2-8)16-11(17)20-7-10-18-5-6-19-10/h1-4,10H,5-7H2,(H,16,17). The van der Waals surface area contributed by atoms with Crippen LogP contribution in [-0.2, 0) is 20.4 Å². The van der Waals surface area contributed by atoms with E-state index < -0.39 is 24.1 Å². The largest absolute Gasteiger partial charge is 0.444 e. The third-order valence-electron chi connectivity index (χ3n) is 2.50. The van der Waals surface area contributed by atoms with Crippen LogP contribution in [0, 0.1) is 0 Å². The molecule has 0 atom stereocenters. The molecule has 1 saturated heterocycles. The number of benzene rings is 1. The lowest BCUT2D eigenvalue weighted by Gasteiger charge is -2.11. The zero-order valence-corrected chi connectivity index (χ0v) is 10.3. The Bertz CT molecular complexity index is 455. The number of alkyl halides is 3. The summed E-state index contributed by atoms with van der Waals surface area (Å²) in [4.78, 5) is 11.4. The fourth-order valence-corrected chi connectivity index (χ4v) is 1.54. The van der Waals surface area contributed by atoms with Crippen LogP contribution < -0.4 is 5.32 Å². The van der Waals surface area contributed by atoms with Crippen molar-refractivity contribution in [2.45, 2.75) is 12.5 Å². The Balaban J connectivity index is 1.81. The monoisotopic (exact) mass is 291 g/mol. The van der Waals surface area contributed by atoms with Crippen molar-refractivity contribution < 1.29 is 32.2 Å². The van der Waals surface area contributed by atoms with E-state index in [2.05, 4.69) is 5.32 Å². The van der Waals surface area contributed by atoms with Gasteiger partial charge in [-0.3, -0.25) is 5.32 Å². The number of anilines is 1. The van der Waals surface area contributed by atoms with Crippen LogP contribution in [-0.4, -0.2) is 32.2 Å². The summed E-state index contributed by atoms with van der Waals surface area (Å²) in [6, 6.07) is 4.04. The van der Waals surface area contributed by atoms with Gasteiger partial charge < -0.3 is 14.2 Å². The maximum atomic E-state index is 12.3. The Labute approximate surface area is 112 Å². The predicted octanol–water partition coefficient (Wildman–Crippen LogP) is 2.63. The van der Waals surface area contributed by atoms with Crippen molar-refractivity contribution in [2.24, 2.45) is 0 Å². The maximum Gasteiger partial charge on any atom is 0.416 e. The van der Waals surface area contributed by atoms with Gasteiger partial charge in [-0.25, -0.2) is 4.79 Å². The van der Waals surface area contributed by atoms with E-state index in [1.54, 1.807) is 0 Å². The van der Waals surface area contributed by atoms with Gasteiger partial charge in [0, 0.05) is 5.69 Å². The molecule has 110 valence electrons. The van der Waals surface area contributed by atoms with Gasteiger partial charge in [0.1, 0.15) is 6.61 Å². The topological polar surface area (TPSA) is 56.8 Å². The van der Waals surface area contributed by atoms with Crippen molar-refractivity contribution in [1.82, 2.24) is 0 Å². The molecule has 1 heterocycles. The number of nitrogens with one attached hydrogen (secondary N) is 1. The van der Waals surface area contributed by atoms with Crippen molar-refractivity contribution >= 4 is 11.8 Å². The Morgan fingerprint density at radius 2 is 1.85 bits per heavy atom. The van der Waals surface area contributed by atoms with Crippen LogP contribution in [0.4, 0.5) is 23.7 Å². The second-order valence-corrected chi connectivity index (χ2v) is 3.97. The third-order valence-corrected chi connectivity index (χ3v) is 2.50. The molecule has 0 bridgehead atoms. The average molecular weight is 291 g/mol. The zero-order chi connectivity index (χ0) is 14.6. The fraction of sp³-hybridized carbons (Fsp3) is 0.417. The van der Waals surface area contributed by atoms with E-state index in [0.29, 0.717) is 13.2 Å². The summed E-state index contributed by atoms with van der Waals surface area (Å²) in [6.45, 7) is 0.801. The van der Waals surface area contributed by atoms with Crippen molar-refractivity contribution in [1.29, 1.82) is 0 Å². The van der Waals surface area contributed by atoms with E-state index >= 15 is 0 Å². The Morgan fingerprint density at radius 1 is 1.25 bits per heavy atom. The highest BCUT2D eigenvalue weighted by Crippen LogP contribution is 2.29. The fourth-order valence-electron chi connectivity index (χ4n) is 1.54. The molecule has 0 unspecified atom stereocenters. The average Bonchev–Trinajstić information content (AvgIpc) is 2.89. The maximum absolute atomic E-state index is 12.3. The molecule has 0 spiro atoms. The van der Waals surface area contributed by atoms with Crippen LogP contribution in [0.5, 0.6) is 0 Å². The van der Waals surface area contributed by atoms with Gasteiger partial charge in [0.25, 0.3) is 0 Å². The summed E-state index contributed by atoms with van der Waals surface area (Å²) in [5.41, 5.74) is -0.583. The highest BCUT2D eigenvalue weighted by molar-refractivity contribution is 5.84. The Kier molecular flexibility index (Phi) is 4.46. The molecule has 1 aromatic rings. The van der Waals surface area contributed by atoms with Crippen LogP contribution in [0.1, 0.15) is 5.56 Å². The lowest BCUT2D eigenvalue weighted by Crippen LogP contribution is -2.22. The molecule has 0 saturated carbocycles. The Morgan fingerprint density at radius 3 is 2.40 bits per heavy atom. The molecular weight excluding hydrogens is 279 g/mol. The molecule has 1 aliphatic heterocycles. The van der Waals surface area contributed by atoms with E-state index in [1.807, 2.05) is 0 Å². The molecule has 2 rings (SSSR count). The van der Waals surface area contributed by atoms with Crippen molar-refractivity contribution in [2.75, 3.05) is 25.1 Å². The number of hydrogen-bond donors (Lipinski definition) is 1. The summed E-state index contributed by atoms with van der Waals surface area (Å²) >= 11 is 0. The SMILES string of the molecule is O=C(Nc1ccc(C(F)(F)F)cc1)OCC1OCCO1. The van der Waals surface area contributed by atoms with Gasteiger partial charge in [-0.05, 0) is 24.3 Å². The van der Waals surface area contributed by atoms with Gasteiger partial charge in [0.2, 0.25) is 0 Å². The molecule has 0 radical (unpaired) electrons. The molecule has 5 nitrogen and oxygen atoms in total. The molecule has 1 N–H and O–H groups in total. The van der Waals surface area contributed by atoms with E-state index in [1.165, 1.54) is 0 Å². The molecular formula is C12H12F3NO4. The molecule has 20 heavy (non-hydrogen) atoms. The second kappa shape index (κ2) is 6.10. The Hall–Kier alpha value is -1.80. The lowest BCUT2D eigenvalue weighted by atomic mass is 10.2. The lowest BCUT2D eigenvalue weighted by molar-refractivity contribution is -0.137. The predicted molar refractivity (Wildman–Crippen MR) is 62.1 cm³/mol. The quantitative estimate of drug-likeness (QED) is 0.930. The minimum Gasteiger partial charge on any atom is -0.444 e. The smallest absolute Gasteiger partial charge is 0.416 e.